The summed E-state index contributed by atoms with van der Waals surface area (Å²) in [6, 6.07) is 1.30. The number of nitrogens with one attached hydrogen (secondary N) is 1. The van der Waals surface area contributed by atoms with Crippen LogP contribution < -0.4 is 5.32 Å². The highest BCUT2D eigenvalue weighted by Gasteiger charge is 2.23. The number of rotatable bonds is 9. The predicted octanol–water partition coefficient (Wildman–Crippen LogP) is 2.66. The summed E-state index contributed by atoms with van der Waals surface area (Å²) < 4.78 is 5.35. The Hall–Kier alpha value is -0.120. The maximum absolute atomic E-state index is 5.35. The van der Waals surface area contributed by atoms with Gasteiger partial charge in [-0.3, -0.25) is 4.90 Å². The van der Waals surface area contributed by atoms with Gasteiger partial charge < -0.3 is 10.1 Å². The molecule has 3 nitrogen and oxygen atoms in total. The molecule has 108 valence electrons. The molecular weight excluding hydrogens is 224 g/mol. The summed E-state index contributed by atoms with van der Waals surface area (Å²) in [4.78, 5) is 2.69. The van der Waals surface area contributed by atoms with E-state index >= 15 is 0 Å². The topological polar surface area (TPSA) is 24.5 Å². The van der Waals surface area contributed by atoms with Gasteiger partial charge in [0.15, 0.2) is 0 Å². The molecule has 1 fully saturated rings. The molecule has 18 heavy (non-hydrogen) atoms. The number of likely N-dealkylation sites (tertiary alicyclic amines) is 1. The molecule has 0 aliphatic carbocycles. The molecule has 0 saturated carbocycles. The molecule has 0 bridgehead atoms. The van der Waals surface area contributed by atoms with Crippen LogP contribution in [0.15, 0.2) is 0 Å². The smallest absolute Gasteiger partial charge is 0.0628 e. The standard InChI is InChI=1S/C15H32N2O/c1-4-8-15-9-6-7-11-17(15)12-14(13-18-3)16-10-5-2/h14-16H,4-13H2,1-3H3. The minimum Gasteiger partial charge on any atom is -0.383 e. The largest absolute Gasteiger partial charge is 0.383 e. The van der Waals surface area contributed by atoms with Crippen LogP contribution in [-0.4, -0.2) is 50.3 Å². The number of hydrogen-bond donors (Lipinski definition) is 1. The third-order valence-corrected chi connectivity index (χ3v) is 3.88. The molecule has 0 amide bonds. The molecule has 1 rings (SSSR count). The van der Waals surface area contributed by atoms with Gasteiger partial charge in [-0.05, 0) is 38.8 Å². The predicted molar refractivity (Wildman–Crippen MR) is 78.1 cm³/mol. The van der Waals surface area contributed by atoms with E-state index in [0.717, 1.165) is 25.7 Å². The lowest BCUT2D eigenvalue weighted by Gasteiger charge is -2.38. The molecule has 0 aromatic carbocycles. The Morgan fingerprint density at radius 2 is 2.11 bits per heavy atom. The molecule has 1 saturated heterocycles. The summed E-state index contributed by atoms with van der Waals surface area (Å²) in [5, 5.41) is 3.61. The zero-order valence-electron chi connectivity index (χ0n) is 12.6. The van der Waals surface area contributed by atoms with E-state index in [9.17, 15) is 0 Å². The molecule has 0 spiro atoms. The van der Waals surface area contributed by atoms with Crippen LogP contribution in [0.25, 0.3) is 0 Å². The zero-order chi connectivity index (χ0) is 13.2. The fourth-order valence-electron chi connectivity index (χ4n) is 2.97. The van der Waals surface area contributed by atoms with Crippen LogP contribution in [0.4, 0.5) is 0 Å². The van der Waals surface area contributed by atoms with Gasteiger partial charge in [0.25, 0.3) is 0 Å². The van der Waals surface area contributed by atoms with Crippen molar-refractivity contribution in [1.82, 2.24) is 10.2 Å². The minimum atomic E-state index is 0.493. The van der Waals surface area contributed by atoms with E-state index in [1.165, 1.54) is 45.1 Å². The molecule has 2 atom stereocenters. The number of piperidine rings is 1. The first-order valence-corrected chi connectivity index (χ1v) is 7.78. The Morgan fingerprint density at radius 1 is 1.28 bits per heavy atom. The molecular formula is C15H32N2O. The Morgan fingerprint density at radius 3 is 2.78 bits per heavy atom. The van der Waals surface area contributed by atoms with Gasteiger partial charge in [0.1, 0.15) is 0 Å². The first kappa shape index (κ1) is 15.9. The number of ether oxygens (including phenoxy) is 1. The number of methoxy groups -OCH3 is 1. The van der Waals surface area contributed by atoms with Gasteiger partial charge in [0, 0.05) is 25.7 Å². The molecule has 3 heteroatoms. The van der Waals surface area contributed by atoms with Crippen molar-refractivity contribution in [3.05, 3.63) is 0 Å². The van der Waals surface area contributed by atoms with Crippen LogP contribution in [0.3, 0.4) is 0 Å². The Bertz CT molecular complexity index is 197. The zero-order valence-corrected chi connectivity index (χ0v) is 12.6. The summed E-state index contributed by atoms with van der Waals surface area (Å²) >= 11 is 0. The second-order valence-corrected chi connectivity index (χ2v) is 5.54. The lowest BCUT2D eigenvalue weighted by atomic mass is 9.97. The van der Waals surface area contributed by atoms with Crippen molar-refractivity contribution in [1.29, 1.82) is 0 Å². The highest BCUT2D eigenvalue weighted by molar-refractivity contribution is 4.81. The highest BCUT2D eigenvalue weighted by Crippen LogP contribution is 2.20. The fraction of sp³-hybridized carbons (Fsp3) is 1.00. The van der Waals surface area contributed by atoms with Crippen LogP contribution in [0.1, 0.15) is 52.4 Å². The van der Waals surface area contributed by atoms with Crippen molar-refractivity contribution < 1.29 is 4.74 Å². The Labute approximate surface area is 113 Å². The fourth-order valence-corrected chi connectivity index (χ4v) is 2.97. The third kappa shape index (κ3) is 5.68. The minimum absolute atomic E-state index is 0.493. The number of nitrogens with zero attached hydrogens (tertiary/aromatic N) is 1. The van der Waals surface area contributed by atoms with Gasteiger partial charge in [-0.25, -0.2) is 0 Å². The van der Waals surface area contributed by atoms with E-state index in [1.54, 1.807) is 7.11 Å². The quantitative estimate of drug-likeness (QED) is 0.686. The maximum atomic E-state index is 5.35. The molecule has 1 N–H and O–H groups in total. The van der Waals surface area contributed by atoms with Crippen LogP contribution in [0, 0.1) is 0 Å². The lowest BCUT2D eigenvalue weighted by Crippen LogP contribution is -2.49. The van der Waals surface area contributed by atoms with Crippen molar-refractivity contribution in [3.63, 3.8) is 0 Å². The normalized spacial score (nSPS) is 23.2. The highest BCUT2D eigenvalue weighted by atomic mass is 16.5. The van der Waals surface area contributed by atoms with Crippen molar-refractivity contribution in [2.75, 3.05) is 33.4 Å². The summed E-state index contributed by atoms with van der Waals surface area (Å²) in [6.07, 6.45) is 8.03. The molecule has 1 heterocycles. The van der Waals surface area contributed by atoms with Gasteiger partial charge in [-0.15, -0.1) is 0 Å². The van der Waals surface area contributed by atoms with E-state index in [0.29, 0.717) is 6.04 Å². The van der Waals surface area contributed by atoms with Gasteiger partial charge in [-0.1, -0.05) is 26.7 Å². The monoisotopic (exact) mass is 256 g/mol. The first-order chi connectivity index (χ1) is 8.81. The van der Waals surface area contributed by atoms with Gasteiger partial charge >= 0.3 is 0 Å². The molecule has 0 radical (unpaired) electrons. The first-order valence-electron chi connectivity index (χ1n) is 7.78. The molecule has 1 aliphatic heterocycles. The molecule has 2 unspecified atom stereocenters. The van der Waals surface area contributed by atoms with E-state index in [4.69, 9.17) is 4.74 Å². The summed E-state index contributed by atoms with van der Waals surface area (Å²) in [5.74, 6) is 0. The maximum Gasteiger partial charge on any atom is 0.0628 e. The lowest BCUT2D eigenvalue weighted by molar-refractivity contribution is 0.0933. The summed E-state index contributed by atoms with van der Waals surface area (Å²) in [7, 11) is 1.81. The van der Waals surface area contributed by atoms with Gasteiger partial charge in [0.05, 0.1) is 6.61 Å². The Kier molecular flexibility index (Phi) is 8.64. The van der Waals surface area contributed by atoms with Crippen molar-refractivity contribution in [2.24, 2.45) is 0 Å². The van der Waals surface area contributed by atoms with Crippen LogP contribution in [0.5, 0.6) is 0 Å². The van der Waals surface area contributed by atoms with Crippen molar-refractivity contribution in [3.8, 4) is 0 Å². The Balaban J connectivity index is 2.42. The average Bonchev–Trinajstić information content (AvgIpc) is 2.39. The third-order valence-electron chi connectivity index (χ3n) is 3.88. The van der Waals surface area contributed by atoms with Crippen LogP contribution in [-0.2, 0) is 4.74 Å². The van der Waals surface area contributed by atoms with E-state index < -0.39 is 0 Å². The second-order valence-electron chi connectivity index (χ2n) is 5.54. The number of hydrogen-bond acceptors (Lipinski definition) is 3. The van der Waals surface area contributed by atoms with E-state index in [-0.39, 0.29) is 0 Å². The molecule has 0 aromatic rings. The second kappa shape index (κ2) is 9.76. The van der Waals surface area contributed by atoms with Crippen LogP contribution in [0.2, 0.25) is 0 Å². The van der Waals surface area contributed by atoms with Crippen molar-refractivity contribution in [2.45, 2.75) is 64.5 Å². The molecule has 1 aliphatic rings. The van der Waals surface area contributed by atoms with Gasteiger partial charge in [-0.2, -0.15) is 0 Å². The molecule has 0 aromatic heterocycles. The van der Waals surface area contributed by atoms with Gasteiger partial charge in [0.2, 0.25) is 0 Å². The summed E-state index contributed by atoms with van der Waals surface area (Å²) in [5.41, 5.74) is 0. The van der Waals surface area contributed by atoms with Crippen molar-refractivity contribution >= 4 is 0 Å². The van der Waals surface area contributed by atoms with E-state index in [2.05, 4.69) is 24.1 Å². The van der Waals surface area contributed by atoms with Crippen LogP contribution >= 0.6 is 0 Å². The average molecular weight is 256 g/mol. The van der Waals surface area contributed by atoms with E-state index in [1.807, 2.05) is 0 Å². The summed E-state index contributed by atoms with van der Waals surface area (Å²) in [6.45, 7) is 8.87. The SMILES string of the molecule is CCCNC(COC)CN1CCCCC1CCC.